The maximum Gasteiger partial charge on any atom is 0.416 e. The van der Waals surface area contributed by atoms with E-state index in [1.165, 1.54) is 38.2 Å². The molecule has 1 aromatic carbocycles. The second kappa shape index (κ2) is 9.53. The van der Waals surface area contributed by atoms with Crippen LogP contribution in [0.1, 0.15) is 57.1 Å². The molecule has 3 aromatic rings. The highest BCUT2D eigenvalue weighted by atomic mass is 19.4. The lowest BCUT2D eigenvalue weighted by Crippen LogP contribution is -2.03. The van der Waals surface area contributed by atoms with Crippen LogP contribution in [-0.4, -0.2) is 9.97 Å². The molecule has 3 nitrogen and oxygen atoms in total. The van der Waals surface area contributed by atoms with Gasteiger partial charge in [-0.1, -0.05) is 46.0 Å². The molecule has 0 aliphatic carbocycles. The van der Waals surface area contributed by atoms with E-state index in [1.54, 1.807) is 18.5 Å². The first-order valence-corrected chi connectivity index (χ1v) is 9.25. The molecule has 0 spiro atoms. The molecule has 0 bridgehead atoms. The molecule has 0 amide bonds. The van der Waals surface area contributed by atoms with Crippen molar-refractivity contribution in [3.63, 3.8) is 0 Å². The fraction of sp³-hybridized carbons (Fsp3) is 0.429. The molecule has 6 heteroatoms. The van der Waals surface area contributed by atoms with Crippen molar-refractivity contribution in [3.8, 4) is 11.5 Å². The standard InChI is InChI=1S/C14H9F3N2O.C7H16/c1-8-7-18-5-4-10(8)13-19-11-6-9(14(15,16)17)2-3-12(11)20-13;1-3-5-7-6-4-2/h2-7H,1H3;3-7H2,1-2H3. The number of fused-ring (bicyclic) bond motifs is 1. The minimum Gasteiger partial charge on any atom is -0.436 e. The van der Waals surface area contributed by atoms with E-state index >= 15 is 0 Å². The van der Waals surface area contributed by atoms with Gasteiger partial charge < -0.3 is 4.42 Å². The van der Waals surface area contributed by atoms with Gasteiger partial charge in [0.25, 0.3) is 0 Å². The molecule has 0 aliphatic rings. The lowest BCUT2D eigenvalue weighted by molar-refractivity contribution is -0.137. The van der Waals surface area contributed by atoms with Crippen LogP contribution in [0.3, 0.4) is 0 Å². The Kier molecular flexibility index (Phi) is 7.39. The summed E-state index contributed by atoms with van der Waals surface area (Å²) in [6, 6.07) is 4.96. The molecule has 3 rings (SSSR count). The van der Waals surface area contributed by atoms with Gasteiger partial charge in [-0.25, -0.2) is 4.98 Å². The summed E-state index contributed by atoms with van der Waals surface area (Å²) < 4.78 is 43.4. The molecule has 2 aromatic heterocycles. The highest BCUT2D eigenvalue weighted by Gasteiger charge is 2.31. The predicted octanol–water partition coefficient (Wildman–Crippen LogP) is 7.19. The number of nitrogens with zero attached hydrogens (tertiary/aromatic N) is 2. The van der Waals surface area contributed by atoms with Gasteiger partial charge in [-0.15, -0.1) is 0 Å². The Hall–Kier alpha value is -2.37. The van der Waals surface area contributed by atoms with Crippen molar-refractivity contribution in [2.45, 2.75) is 59.1 Å². The smallest absolute Gasteiger partial charge is 0.416 e. The van der Waals surface area contributed by atoms with E-state index in [0.29, 0.717) is 17.0 Å². The number of aromatic nitrogens is 2. The van der Waals surface area contributed by atoms with Crippen LogP contribution in [0, 0.1) is 6.92 Å². The van der Waals surface area contributed by atoms with Gasteiger partial charge in [-0.3, -0.25) is 4.98 Å². The number of halogens is 3. The Morgan fingerprint density at radius 2 is 1.70 bits per heavy atom. The summed E-state index contributed by atoms with van der Waals surface area (Å²) in [6.07, 6.45) is 5.85. The van der Waals surface area contributed by atoms with Crippen molar-refractivity contribution in [2.75, 3.05) is 0 Å². The molecule has 0 fully saturated rings. The predicted molar refractivity (Wildman–Crippen MR) is 101 cm³/mol. The van der Waals surface area contributed by atoms with Gasteiger partial charge in [0, 0.05) is 18.0 Å². The molecule has 0 unspecified atom stereocenters. The Labute approximate surface area is 157 Å². The number of unbranched alkanes of at least 4 members (excludes halogenated alkanes) is 4. The monoisotopic (exact) mass is 378 g/mol. The number of rotatable bonds is 5. The van der Waals surface area contributed by atoms with Gasteiger partial charge in [-0.2, -0.15) is 13.2 Å². The molecular formula is C21H25F3N2O. The third-order valence-electron chi connectivity index (χ3n) is 4.17. The van der Waals surface area contributed by atoms with Crippen LogP contribution in [-0.2, 0) is 6.18 Å². The summed E-state index contributed by atoms with van der Waals surface area (Å²) in [5, 5.41) is 0. The zero-order valence-electron chi connectivity index (χ0n) is 15.9. The van der Waals surface area contributed by atoms with Crippen molar-refractivity contribution < 1.29 is 17.6 Å². The molecule has 2 heterocycles. The number of hydrogen-bond acceptors (Lipinski definition) is 3. The average Bonchev–Trinajstić information content (AvgIpc) is 3.05. The van der Waals surface area contributed by atoms with E-state index in [1.807, 2.05) is 6.92 Å². The topological polar surface area (TPSA) is 38.9 Å². The highest BCUT2D eigenvalue weighted by molar-refractivity contribution is 5.77. The summed E-state index contributed by atoms with van der Waals surface area (Å²) >= 11 is 0. The van der Waals surface area contributed by atoms with Crippen LogP contribution in [0.5, 0.6) is 0 Å². The van der Waals surface area contributed by atoms with Gasteiger partial charge in [0.05, 0.1) is 5.56 Å². The number of alkyl halides is 3. The zero-order chi connectivity index (χ0) is 19.9. The molecule has 0 N–H and O–H groups in total. The minimum absolute atomic E-state index is 0.186. The number of aryl methyl sites for hydroxylation is 1. The maximum atomic E-state index is 12.6. The quantitative estimate of drug-likeness (QED) is 0.441. The third kappa shape index (κ3) is 5.81. The maximum absolute atomic E-state index is 12.6. The van der Waals surface area contributed by atoms with Crippen molar-refractivity contribution in [2.24, 2.45) is 0 Å². The Morgan fingerprint density at radius 1 is 1.00 bits per heavy atom. The van der Waals surface area contributed by atoms with Crippen LogP contribution in [0.2, 0.25) is 0 Å². The SMILES string of the molecule is CCCCCCC.Cc1cnccc1-c1nc2cc(C(F)(F)F)ccc2o1. The minimum atomic E-state index is -4.39. The van der Waals surface area contributed by atoms with Crippen molar-refractivity contribution in [3.05, 3.63) is 47.8 Å². The molecule has 0 radical (unpaired) electrons. The first kappa shape index (κ1) is 20.9. The zero-order valence-corrected chi connectivity index (χ0v) is 15.9. The van der Waals surface area contributed by atoms with E-state index in [2.05, 4.69) is 23.8 Å². The van der Waals surface area contributed by atoms with Gasteiger partial charge in [-0.05, 0) is 36.8 Å². The fourth-order valence-electron chi connectivity index (χ4n) is 2.61. The summed E-state index contributed by atoms with van der Waals surface area (Å²) in [4.78, 5) is 8.08. The Morgan fingerprint density at radius 3 is 2.30 bits per heavy atom. The average molecular weight is 378 g/mol. The summed E-state index contributed by atoms with van der Waals surface area (Å²) in [6.45, 7) is 6.32. The van der Waals surface area contributed by atoms with Gasteiger partial charge in [0.1, 0.15) is 5.52 Å². The number of hydrogen-bond donors (Lipinski definition) is 0. The largest absolute Gasteiger partial charge is 0.436 e. The first-order chi connectivity index (χ1) is 12.9. The normalized spacial score (nSPS) is 11.3. The highest BCUT2D eigenvalue weighted by Crippen LogP contribution is 2.33. The van der Waals surface area contributed by atoms with Crippen LogP contribution in [0.15, 0.2) is 41.1 Å². The number of oxazole rings is 1. The number of pyridine rings is 1. The fourth-order valence-corrected chi connectivity index (χ4v) is 2.61. The molecular weight excluding hydrogens is 353 g/mol. The van der Waals surface area contributed by atoms with Crippen LogP contribution < -0.4 is 0 Å². The molecule has 27 heavy (non-hydrogen) atoms. The second-order valence-corrected chi connectivity index (χ2v) is 6.45. The van der Waals surface area contributed by atoms with E-state index in [-0.39, 0.29) is 5.52 Å². The molecule has 146 valence electrons. The van der Waals surface area contributed by atoms with E-state index in [0.717, 1.165) is 17.7 Å². The molecule has 0 atom stereocenters. The van der Waals surface area contributed by atoms with Crippen LogP contribution in [0.25, 0.3) is 22.6 Å². The van der Waals surface area contributed by atoms with E-state index < -0.39 is 11.7 Å². The van der Waals surface area contributed by atoms with Crippen LogP contribution in [0.4, 0.5) is 13.2 Å². The third-order valence-corrected chi connectivity index (χ3v) is 4.17. The Bertz CT molecular complexity index is 852. The van der Waals surface area contributed by atoms with E-state index in [9.17, 15) is 13.2 Å². The molecule has 0 saturated heterocycles. The van der Waals surface area contributed by atoms with Gasteiger partial charge >= 0.3 is 6.18 Å². The first-order valence-electron chi connectivity index (χ1n) is 9.25. The molecule has 0 saturated carbocycles. The van der Waals surface area contributed by atoms with Crippen molar-refractivity contribution in [1.29, 1.82) is 0 Å². The van der Waals surface area contributed by atoms with Crippen molar-refractivity contribution >= 4 is 11.1 Å². The summed E-state index contributed by atoms with van der Waals surface area (Å²) in [5.41, 5.74) is 1.33. The van der Waals surface area contributed by atoms with E-state index in [4.69, 9.17) is 4.42 Å². The van der Waals surface area contributed by atoms with Gasteiger partial charge in [0.15, 0.2) is 5.58 Å². The number of benzene rings is 1. The summed E-state index contributed by atoms with van der Waals surface area (Å²) in [7, 11) is 0. The van der Waals surface area contributed by atoms with Crippen molar-refractivity contribution in [1.82, 2.24) is 9.97 Å². The van der Waals surface area contributed by atoms with Crippen LogP contribution >= 0.6 is 0 Å². The summed E-state index contributed by atoms with van der Waals surface area (Å²) in [5.74, 6) is 0.291. The lowest BCUT2D eigenvalue weighted by Gasteiger charge is -2.04. The molecule has 0 aliphatic heterocycles. The lowest BCUT2D eigenvalue weighted by atomic mass is 10.1. The van der Waals surface area contributed by atoms with Gasteiger partial charge in [0.2, 0.25) is 5.89 Å². The Balaban J connectivity index is 0.000000321. The second-order valence-electron chi connectivity index (χ2n) is 6.45.